The van der Waals surface area contributed by atoms with Crippen LogP contribution in [0.15, 0.2) is 59.4 Å². The summed E-state index contributed by atoms with van der Waals surface area (Å²) in [5, 5.41) is 21.8. The van der Waals surface area contributed by atoms with Gasteiger partial charge in [-0.25, -0.2) is 23.2 Å². The number of ether oxygens (including phenoxy) is 1. The zero-order valence-electron chi connectivity index (χ0n) is 28.3. The van der Waals surface area contributed by atoms with Crippen LogP contribution in [0.3, 0.4) is 0 Å². The van der Waals surface area contributed by atoms with Crippen molar-refractivity contribution < 1.29 is 40.8 Å². The van der Waals surface area contributed by atoms with Gasteiger partial charge in [0.05, 0.1) is 22.4 Å². The summed E-state index contributed by atoms with van der Waals surface area (Å²) in [6, 6.07) is 11.4. The minimum Gasteiger partial charge on any atom is -0.447 e. The molecule has 1 aliphatic carbocycles. The maximum Gasteiger partial charge on any atom is 0.411 e. The van der Waals surface area contributed by atoms with Crippen molar-refractivity contribution in [1.82, 2.24) is 35.5 Å². The van der Waals surface area contributed by atoms with E-state index in [2.05, 4.69) is 20.6 Å². The van der Waals surface area contributed by atoms with E-state index in [4.69, 9.17) is 26.3 Å². The number of alkyl carbamates (subject to hydrolysis) is 1. The zero-order chi connectivity index (χ0) is 37.8. The van der Waals surface area contributed by atoms with Gasteiger partial charge in [-0.3, -0.25) is 15.1 Å². The first kappa shape index (κ1) is 36.7. The number of nitrogens with one attached hydrogen (secondary N) is 3. The first-order valence-electron chi connectivity index (χ1n) is 16.1. The predicted molar refractivity (Wildman–Crippen MR) is 177 cm³/mol. The molecule has 3 heterocycles. The third-order valence-electron chi connectivity index (χ3n) is 8.91. The number of aryl methyl sites for hydroxylation is 1. The lowest BCUT2D eigenvalue weighted by Crippen LogP contribution is -2.49. The fourth-order valence-electron chi connectivity index (χ4n) is 6.35. The number of benzene rings is 2. The molecule has 2 atom stereocenters. The van der Waals surface area contributed by atoms with E-state index in [0.717, 1.165) is 15.9 Å². The normalized spacial score (nSPS) is 19.2. The summed E-state index contributed by atoms with van der Waals surface area (Å²) in [5.41, 5.74) is -2.56. The molecule has 0 bridgehead atoms. The minimum absolute atomic E-state index is 0.0283. The summed E-state index contributed by atoms with van der Waals surface area (Å²) in [6.07, 6.45) is -8.74. The van der Waals surface area contributed by atoms with E-state index in [1.54, 1.807) is 37.3 Å². The Bertz CT molecular complexity index is 2000. The molecule has 276 valence electrons. The Labute approximate surface area is 299 Å². The van der Waals surface area contributed by atoms with E-state index in [0.29, 0.717) is 22.6 Å². The van der Waals surface area contributed by atoms with E-state index in [1.165, 1.54) is 18.2 Å². The highest BCUT2D eigenvalue weighted by Crippen LogP contribution is 2.49. The van der Waals surface area contributed by atoms with Gasteiger partial charge >= 0.3 is 12.3 Å². The second-order valence-electron chi connectivity index (χ2n) is 14.1. The highest BCUT2D eigenvalue weighted by atomic mass is 35.5. The molecule has 12 nitrogen and oxygen atoms in total. The quantitative estimate of drug-likeness (QED) is 0.142. The maximum atomic E-state index is 14.9. The molecule has 18 heteroatoms. The van der Waals surface area contributed by atoms with Gasteiger partial charge in [0.1, 0.15) is 24.0 Å². The zero-order valence-corrected chi connectivity index (χ0v) is 29.1. The Morgan fingerprint density at radius 1 is 1.13 bits per heavy atom. The van der Waals surface area contributed by atoms with Crippen LogP contribution < -0.4 is 10.6 Å². The summed E-state index contributed by atoms with van der Waals surface area (Å²) < 4.78 is 80.0. The SMILES string of the molecule is Cc1cc(-c2ccc([C@@]3(CC(C)(C)C)NC(=N)N([C@H](COC(=O)NC4(C(F)(F)F)CC4)c4ccc(Cl)c(-n5ncnc5C(F)F)c4)C3=O)cc2)on1. The molecule has 0 spiro atoms. The third kappa shape index (κ3) is 6.92. The number of halogens is 6. The van der Waals surface area contributed by atoms with E-state index < -0.39 is 65.5 Å². The number of aromatic nitrogens is 4. The van der Waals surface area contributed by atoms with Gasteiger partial charge in [0.25, 0.3) is 12.3 Å². The summed E-state index contributed by atoms with van der Waals surface area (Å²) in [7, 11) is 0. The molecular formula is C34H34ClF5N8O4. The van der Waals surface area contributed by atoms with E-state index in [1.807, 2.05) is 26.1 Å². The van der Waals surface area contributed by atoms with Gasteiger partial charge in [-0.15, -0.1) is 0 Å². The van der Waals surface area contributed by atoms with Gasteiger partial charge in [-0.05, 0) is 54.9 Å². The molecule has 2 fully saturated rings. The fourth-order valence-corrected chi connectivity index (χ4v) is 6.54. The van der Waals surface area contributed by atoms with Crippen molar-refractivity contribution in [3.63, 3.8) is 0 Å². The summed E-state index contributed by atoms with van der Waals surface area (Å²) >= 11 is 6.41. The van der Waals surface area contributed by atoms with E-state index in [9.17, 15) is 31.5 Å². The smallest absolute Gasteiger partial charge is 0.411 e. The van der Waals surface area contributed by atoms with Crippen molar-refractivity contribution in [3.8, 4) is 17.0 Å². The van der Waals surface area contributed by atoms with Gasteiger partial charge in [-0.2, -0.15) is 18.3 Å². The van der Waals surface area contributed by atoms with Crippen LogP contribution in [0.25, 0.3) is 17.0 Å². The number of guanidine groups is 1. The van der Waals surface area contributed by atoms with Gasteiger partial charge < -0.3 is 19.9 Å². The first-order valence-corrected chi connectivity index (χ1v) is 16.5. The number of carbonyl (C=O) groups excluding carboxylic acids is 2. The van der Waals surface area contributed by atoms with Gasteiger partial charge in [0.15, 0.2) is 17.5 Å². The number of hydrogen-bond donors (Lipinski definition) is 3. The molecule has 0 radical (unpaired) electrons. The lowest BCUT2D eigenvalue weighted by atomic mass is 9.75. The number of rotatable bonds is 10. The maximum absolute atomic E-state index is 14.9. The summed E-state index contributed by atoms with van der Waals surface area (Å²) in [4.78, 5) is 32.3. The Kier molecular flexibility index (Phi) is 9.30. The highest BCUT2D eigenvalue weighted by Gasteiger charge is 2.64. The Hall–Kier alpha value is -5.06. The van der Waals surface area contributed by atoms with Crippen molar-refractivity contribution >= 4 is 29.6 Å². The van der Waals surface area contributed by atoms with Crippen LogP contribution in [0.4, 0.5) is 26.7 Å². The van der Waals surface area contributed by atoms with Gasteiger partial charge in [0.2, 0.25) is 0 Å². The lowest BCUT2D eigenvalue weighted by Gasteiger charge is -2.35. The molecule has 1 aliphatic heterocycles. The Balaban J connectivity index is 1.40. The first-order chi connectivity index (χ1) is 24.3. The van der Waals surface area contributed by atoms with Crippen LogP contribution in [-0.2, 0) is 15.1 Å². The average Bonchev–Trinajstić information content (AvgIpc) is 3.36. The van der Waals surface area contributed by atoms with Crippen LogP contribution in [0, 0.1) is 17.7 Å². The third-order valence-corrected chi connectivity index (χ3v) is 9.23. The topological polar surface area (TPSA) is 151 Å². The average molecular weight is 749 g/mol. The molecule has 2 aliphatic rings. The van der Waals surface area contributed by atoms with Crippen LogP contribution in [-0.4, -0.2) is 61.1 Å². The van der Waals surface area contributed by atoms with Crippen LogP contribution in [0.2, 0.25) is 5.02 Å². The molecule has 2 amide bonds. The van der Waals surface area contributed by atoms with Crippen molar-refractivity contribution in [2.75, 3.05) is 6.61 Å². The molecule has 52 heavy (non-hydrogen) atoms. The van der Waals surface area contributed by atoms with Crippen molar-refractivity contribution in [2.45, 2.75) is 76.7 Å². The molecule has 3 N–H and O–H groups in total. The number of nitrogens with zero attached hydrogens (tertiary/aromatic N) is 5. The molecule has 6 rings (SSSR count). The van der Waals surface area contributed by atoms with Crippen molar-refractivity contribution in [2.24, 2.45) is 5.41 Å². The highest BCUT2D eigenvalue weighted by molar-refractivity contribution is 6.32. The van der Waals surface area contributed by atoms with Crippen LogP contribution in [0.1, 0.15) is 75.1 Å². The molecular weight excluding hydrogens is 715 g/mol. The Morgan fingerprint density at radius 2 is 1.83 bits per heavy atom. The molecule has 2 aromatic carbocycles. The predicted octanol–water partition coefficient (Wildman–Crippen LogP) is 7.38. The monoisotopic (exact) mass is 748 g/mol. The molecule has 2 aromatic heterocycles. The van der Waals surface area contributed by atoms with E-state index in [-0.39, 0.29) is 35.5 Å². The molecule has 1 saturated carbocycles. The molecule has 0 unspecified atom stereocenters. The number of carbonyl (C=O) groups is 2. The molecule has 4 aromatic rings. The van der Waals surface area contributed by atoms with Gasteiger partial charge in [-0.1, -0.05) is 67.9 Å². The van der Waals surface area contributed by atoms with Crippen LogP contribution >= 0.6 is 11.6 Å². The Morgan fingerprint density at radius 3 is 2.40 bits per heavy atom. The second-order valence-corrected chi connectivity index (χ2v) is 14.5. The second kappa shape index (κ2) is 13.2. The standard InChI is InChI=1S/C34H34ClF5N8O4/c1-18-13-25(52-46-18)19-5-8-21(9-6-19)33(16-31(2,3)4)28(49)47(29(41)44-33)24(15-51-30(50)45-32(11-12-32)34(38,39)40)20-7-10-22(35)23(14-20)48-27(26(36)37)42-17-43-48/h5-10,13-14,17,24,26H,11-12,15-16H2,1-4H3,(H2,41,44)(H,45,50)/t24-,33-/m1/s1. The summed E-state index contributed by atoms with van der Waals surface area (Å²) in [5.74, 6) is -1.27. The minimum atomic E-state index is -4.72. The number of alkyl halides is 5. The number of amides is 2. The largest absolute Gasteiger partial charge is 0.447 e. The molecule has 1 saturated heterocycles. The van der Waals surface area contributed by atoms with Crippen molar-refractivity contribution in [3.05, 3.63) is 82.5 Å². The summed E-state index contributed by atoms with van der Waals surface area (Å²) in [6.45, 7) is 6.77. The lowest BCUT2D eigenvalue weighted by molar-refractivity contribution is -0.164. The van der Waals surface area contributed by atoms with E-state index >= 15 is 0 Å². The van der Waals surface area contributed by atoms with Gasteiger partial charge in [0, 0.05) is 11.6 Å². The number of hydrogen-bond acceptors (Lipinski definition) is 8. The van der Waals surface area contributed by atoms with Crippen molar-refractivity contribution in [1.29, 1.82) is 5.41 Å². The van der Waals surface area contributed by atoms with Crippen LogP contribution in [0.5, 0.6) is 0 Å². The fraction of sp³-hybridized carbons (Fsp3) is 0.412.